The van der Waals surface area contributed by atoms with E-state index in [2.05, 4.69) is 20.1 Å². The maximum atomic E-state index is 4.97. The smallest absolute Gasteiger partial charge is 0.118 e. The Labute approximate surface area is 82.1 Å². The van der Waals surface area contributed by atoms with Crippen molar-refractivity contribution >= 4 is 0 Å². The molecule has 0 N–H and O–H groups in total. The molecule has 1 aromatic rings. The Balaban J connectivity index is 0. The summed E-state index contributed by atoms with van der Waals surface area (Å²) in [4.78, 5) is 0. The van der Waals surface area contributed by atoms with Gasteiger partial charge in [-0.05, 0) is 19.1 Å². The fourth-order valence-corrected chi connectivity index (χ4v) is 0.674. The zero-order valence-electron chi connectivity index (χ0n) is 9.13. The van der Waals surface area contributed by atoms with E-state index in [9.17, 15) is 0 Å². The molecule has 0 aliphatic heterocycles. The molecule has 0 aromatic heterocycles. The summed E-state index contributed by atoms with van der Waals surface area (Å²) in [5, 5.41) is 0. The van der Waals surface area contributed by atoms with E-state index < -0.39 is 0 Å². The molecule has 0 saturated heterocycles. The third-order valence-electron chi connectivity index (χ3n) is 1.26. The summed E-state index contributed by atoms with van der Waals surface area (Å²) in [5.41, 5.74) is 1.26. The van der Waals surface area contributed by atoms with Crippen molar-refractivity contribution in [3.05, 3.63) is 43.0 Å². The monoisotopic (exact) mass is 180 g/mol. The molecule has 0 amide bonds. The molecule has 1 aromatic carbocycles. The molecule has 13 heavy (non-hydrogen) atoms. The zero-order chi connectivity index (χ0) is 10.7. The van der Waals surface area contributed by atoms with Gasteiger partial charge in [-0.15, -0.1) is 13.2 Å². The zero-order valence-corrected chi connectivity index (χ0v) is 9.13. The van der Waals surface area contributed by atoms with Crippen molar-refractivity contribution in [2.24, 2.45) is 0 Å². The van der Waals surface area contributed by atoms with Crippen LogP contribution in [0.4, 0.5) is 0 Å². The first-order valence-corrected chi connectivity index (χ1v) is 4.43. The summed E-state index contributed by atoms with van der Waals surface area (Å²) < 4.78 is 4.97. The van der Waals surface area contributed by atoms with Crippen molar-refractivity contribution in [2.45, 2.75) is 20.8 Å². The van der Waals surface area contributed by atoms with Gasteiger partial charge in [0.25, 0.3) is 0 Å². The van der Waals surface area contributed by atoms with Crippen LogP contribution in [0, 0.1) is 6.92 Å². The van der Waals surface area contributed by atoms with Gasteiger partial charge < -0.3 is 4.74 Å². The first-order valence-electron chi connectivity index (χ1n) is 4.43. The number of hydrogen-bond acceptors (Lipinski definition) is 1. The second-order valence-corrected chi connectivity index (χ2v) is 2.02. The van der Waals surface area contributed by atoms with Gasteiger partial charge in [0.15, 0.2) is 0 Å². The largest absolute Gasteiger partial charge is 0.497 e. The summed E-state index contributed by atoms with van der Waals surface area (Å²) in [6, 6.07) is 7.96. The molecule has 0 atom stereocenters. The van der Waals surface area contributed by atoms with E-state index in [-0.39, 0.29) is 0 Å². The Morgan fingerprint density at radius 2 is 1.38 bits per heavy atom. The fraction of sp³-hybridized carbons (Fsp3) is 0.333. The van der Waals surface area contributed by atoms with Crippen molar-refractivity contribution in [3.63, 3.8) is 0 Å². The molecule has 0 aliphatic rings. The molecule has 0 bridgehead atoms. The lowest BCUT2D eigenvalue weighted by Crippen LogP contribution is -1.80. The Hall–Kier alpha value is -1.24. The number of hydrogen-bond donors (Lipinski definition) is 0. The maximum absolute atomic E-state index is 4.97. The van der Waals surface area contributed by atoms with Crippen molar-refractivity contribution in [3.8, 4) is 5.75 Å². The minimum atomic E-state index is 0.917. The molecule has 0 radical (unpaired) electrons. The molecule has 1 heteroatoms. The first kappa shape index (κ1) is 14.3. The van der Waals surface area contributed by atoms with Crippen molar-refractivity contribution in [2.75, 3.05) is 7.11 Å². The van der Waals surface area contributed by atoms with Gasteiger partial charge in [0.1, 0.15) is 5.75 Å². The van der Waals surface area contributed by atoms with Gasteiger partial charge >= 0.3 is 0 Å². The van der Waals surface area contributed by atoms with Crippen LogP contribution >= 0.6 is 0 Å². The van der Waals surface area contributed by atoms with Crippen molar-refractivity contribution in [1.29, 1.82) is 0 Å². The molecule has 0 saturated carbocycles. The predicted molar refractivity (Wildman–Crippen MR) is 60.3 cm³/mol. The molecule has 0 unspecified atom stereocenters. The van der Waals surface area contributed by atoms with Gasteiger partial charge in [0.05, 0.1) is 7.11 Å². The first-order chi connectivity index (χ1) is 6.33. The molecular formula is C12H20O. The van der Waals surface area contributed by atoms with Gasteiger partial charge in [-0.3, -0.25) is 0 Å². The van der Waals surface area contributed by atoms with Gasteiger partial charge in [0, 0.05) is 0 Å². The van der Waals surface area contributed by atoms with E-state index in [4.69, 9.17) is 4.74 Å². The highest BCUT2D eigenvalue weighted by Gasteiger charge is 1.85. The van der Waals surface area contributed by atoms with E-state index in [1.54, 1.807) is 7.11 Å². The van der Waals surface area contributed by atoms with Gasteiger partial charge in [-0.1, -0.05) is 31.5 Å². The molecule has 0 aliphatic carbocycles. The molecule has 1 rings (SSSR count). The lowest BCUT2D eigenvalue weighted by molar-refractivity contribution is 0.414. The van der Waals surface area contributed by atoms with Crippen LogP contribution in [-0.4, -0.2) is 7.11 Å². The lowest BCUT2D eigenvalue weighted by Gasteiger charge is -1.97. The van der Waals surface area contributed by atoms with E-state index in [1.807, 2.05) is 38.1 Å². The topological polar surface area (TPSA) is 9.23 Å². The van der Waals surface area contributed by atoms with Crippen LogP contribution in [0.2, 0.25) is 0 Å². The van der Waals surface area contributed by atoms with Crippen LogP contribution in [0.3, 0.4) is 0 Å². The quantitative estimate of drug-likeness (QED) is 0.597. The van der Waals surface area contributed by atoms with E-state index in [1.165, 1.54) is 5.56 Å². The van der Waals surface area contributed by atoms with Gasteiger partial charge in [-0.25, -0.2) is 0 Å². The lowest BCUT2D eigenvalue weighted by atomic mass is 10.2. The van der Waals surface area contributed by atoms with Crippen LogP contribution in [0.5, 0.6) is 5.75 Å². The second-order valence-electron chi connectivity index (χ2n) is 2.02. The molecule has 0 fully saturated rings. The van der Waals surface area contributed by atoms with Crippen LogP contribution in [0.25, 0.3) is 0 Å². The number of methoxy groups -OCH3 is 1. The highest BCUT2D eigenvalue weighted by molar-refractivity contribution is 5.25. The van der Waals surface area contributed by atoms with Crippen LogP contribution < -0.4 is 4.74 Å². The summed E-state index contributed by atoms with van der Waals surface area (Å²) in [5.74, 6) is 0.917. The van der Waals surface area contributed by atoms with Crippen LogP contribution in [0.15, 0.2) is 37.4 Å². The molecular weight excluding hydrogens is 160 g/mol. The fourth-order valence-electron chi connectivity index (χ4n) is 0.674. The Morgan fingerprint density at radius 3 is 1.69 bits per heavy atom. The summed E-state index contributed by atoms with van der Waals surface area (Å²) >= 11 is 0. The van der Waals surface area contributed by atoms with E-state index >= 15 is 0 Å². The third-order valence-corrected chi connectivity index (χ3v) is 1.26. The third kappa shape index (κ3) is 7.13. The maximum Gasteiger partial charge on any atom is 0.118 e. The highest BCUT2D eigenvalue weighted by atomic mass is 16.5. The van der Waals surface area contributed by atoms with Gasteiger partial charge in [-0.2, -0.15) is 0 Å². The summed E-state index contributed by atoms with van der Waals surface area (Å²) in [7, 11) is 1.67. The number of rotatable bonds is 1. The van der Waals surface area contributed by atoms with Crippen molar-refractivity contribution < 1.29 is 4.74 Å². The molecule has 74 valence electrons. The summed E-state index contributed by atoms with van der Waals surface area (Å²) in [6.45, 7) is 12.1. The minimum Gasteiger partial charge on any atom is -0.497 e. The standard InChI is InChI=1S/C8H10O.C2H6.C2H4/c1-7-3-5-8(9-2)6-4-7;2*1-2/h3-6H,1-2H3;1-2H3;1-2H2. The number of ether oxygens (including phenoxy) is 1. The minimum absolute atomic E-state index is 0.917. The molecule has 1 nitrogen and oxygen atoms in total. The Bertz CT molecular complexity index is 189. The second kappa shape index (κ2) is 10.8. The Kier molecular flexibility index (Phi) is 11.8. The Morgan fingerprint density at radius 1 is 1.00 bits per heavy atom. The van der Waals surface area contributed by atoms with Crippen molar-refractivity contribution in [1.82, 2.24) is 0 Å². The summed E-state index contributed by atoms with van der Waals surface area (Å²) in [6.07, 6.45) is 0. The number of benzene rings is 1. The molecule has 0 spiro atoms. The normalized spacial score (nSPS) is 7.08. The predicted octanol–water partition coefficient (Wildman–Crippen LogP) is 3.83. The highest BCUT2D eigenvalue weighted by Crippen LogP contribution is 2.09. The van der Waals surface area contributed by atoms with E-state index in [0.29, 0.717) is 0 Å². The SMILES string of the molecule is C=C.CC.COc1ccc(C)cc1. The van der Waals surface area contributed by atoms with E-state index in [0.717, 1.165) is 5.75 Å². The molecule has 0 heterocycles. The average molecular weight is 180 g/mol. The van der Waals surface area contributed by atoms with Crippen LogP contribution in [-0.2, 0) is 0 Å². The van der Waals surface area contributed by atoms with Gasteiger partial charge in [0.2, 0.25) is 0 Å². The average Bonchev–Trinajstić information content (AvgIpc) is 2.25. The number of aryl methyl sites for hydroxylation is 1. The van der Waals surface area contributed by atoms with Crippen LogP contribution in [0.1, 0.15) is 19.4 Å².